The van der Waals surface area contributed by atoms with Crippen molar-refractivity contribution in [2.75, 3.05) is 7.11 Å². The molecule has 1 heterocycles. The first-order chi connectivity index (χ1) is 9.99. The van der Waals surface area contributed by atoms with Crippen LogP contribution in [0.4, 0.5) is 5.69 Å². The molecule has 0 saturated carbocycles. The summed E-state index contributed by atoms with van der Waals surface area (Å²) in [7, 11) is 1.23. The monoisotopic (exact) mass is 353 g/mol. The number of aromatic nitrogens is 2. The third-order valence-corrected chi connectivity index (χ3v) is 2.77. The van der Waals surface area contributed by atoms with E-state index in [1.54, 1.807) is 6.07 Å². The van der Waals surface area contributed by atoms with Crippen molar-refractivity contribution < 1.29 is 19.2 Å². The van der Waals surface area contributed by atoms with Crippen LogP contribution in [-0.4, -0.2) is 28.0 Å². The molecule has 2 rings (SSSR count). The van der Waals surface area contributed by atoms with Gasteiger partial charge in [-0.05, 0) is 6.07 Å². The molecule has 1 aromatic heterocycles. The molecule has 0 atom stereocenters. The molecule has 0 spiro atoms. The maximum Gasteiger partial charge on any atom is 0.358 e. The molecule has 9 heteroatoms. The molecule has 1 aromatic carbocycles. The highest BCUT2D eigenvalue weighted by Gasteiger charge is 2.12. The Morgan fingerprint density at radius 3 is 2.62 bits per heavy atom. The Morgan fingerprint density at radius 1 is 1.29 bits per heavy atom. The SMILES string of the molecule is COC(=O)c1cnc(Oc2cc(Br)cc([N+](=O)[O-])c2)cn1. The number of nitrogens with zero attached hydrogens (tertiary/aromatic N) is 3. The van der Waals surface area contributed by atoms with E-state index in [9.17, 15) is 14.9 Å². The van der Waals surface area contributed by atoms with E-state index in [1.807, 2.05) is 0 Å². The fourth-order valence-corrected chi connectivity index (χ4v) is 1.87. The van der Waals surface area contributed by atoms with E-state index < -0.39 is 10.9 Å². The molecule has 0 saturated heterocycles. The van der Waals surface area contributed by atoms with Crippen molar-refractivity contribution in [2.24, 2.45) is 0 Å². The van der Waals surface area contributed by atoms with Crippen molar-refractivity contribution >= 4 is 27.6 Å². The molecule has 2 aromatic rings. The molecule has 0 fully saturated rings. The average molecular weight is 354 g/mol. The molecule has 0 aliphatic rings. The van der Waals surface area contributed by atoms with Gasteiger partial charge in [0.25, 0.3) is 5.69 Å². The highest BCUT2D eigenvalue weighted by atomic mass is 79.9. The first-order valence-electron chi connectivity index (χ1n) is 5.53. The first-order valence-corrected chi connectivity index (χ1v) is 6.32. The second-order valence-electron chi connectivity index (χ2n) is 3.74. The lowest BCUT2D eigenvalue weighted by Gasteiger charge is -2.05. The highest BCUT2D eigenvalue weighted by molar-refractivity contribution is 9.10. The van der Waals surface area contributed by atoms with E-state index in [0.29, 0.717) is 4.47 Å². The predicted octanol–water partition coefficient (Wildman–Crippen LogP) is 2.73. The molecule has 0 aliphatic carbocycles. The number of hydrogen-bond acceptors (Lipinski definition) is 7. The van der Waals surface area contributed by atoms with Gasteiger partial charge in [-0.2, -0.15) is 0 Å². The van der Waals surface area contributed by atoms with Crippen LogP contribution in [0.5, 0.6) is 11.6 Å². The minimum absolute atomic E-state index is 0.0325. The first kappa shape index (κ1) is 14.9. The molecular formula is C12H8BrN3O5. The molecule has 0 N–H and O–H groups in total. The van der Waals surface area contributed by atoms with Crippen LogP contribution in [0.1, 0.15) is 10.5 Å². The molecule has 0 aliphatic heterocycles. The summed E-state index contributed by atoms with van der Waals surface area (Å²) in [5.74, 6) is -0.307. The Balaban J connectivity index is 2.22. The van der Waals surface area contributed by atoms with Gasteiger partial charge >= 0.3 is 5.97 Å². The molecular weight excluding hydrogens is 346 g/mol. The molecule has 0 bridgehead atoms. The Morgan fingerprint density at radius 2 is 2.05 bits per heavy atom. The number of non-ortho nitro benzene ring substituents is 1. The van der Waals surface area contributed by atoms with Gasteiger partial charge in [0, 0.05) is 10.5 Å². The van der Waals surface area contributed by atoms with Gasteiger partial charge < -0.3 is 9.47 Å². The lowest BCUT2D eigenvalue weighted by molar-refractivity contribution is -0.385. The van der Waals surface area contributed by atoms with Crippen LogP contribution in [0.2, 0.25) is 0 Å². The fraction of sp³-hybridized carbons (Fsp3) is 0.0833. The summed E-state index contributed by atoms with van der Waals surface area (Å²) in [5, 5.41) is 10.8. The van der Waals surface area contributed by atoms with Crippen molar-refractivity contribution in [1.29, 1.82) is 0 Å². The lowest BCUT2D eigenvalue weighted by atomic mass is 10.3. The van der Waals surface area contributed by atoms with Gasteiger partial charge in [0.05, 0.1) is 30.5 Å². The van der Waals surface area contributed by atoms with Crippen molar-refractivity contribution in [2.45, 2.75) is 0 Å². The fourth-order valence-electron chi connectivity index (χ4n) is 1.41. The molecule has 108 valence electrons. The summed E-state index contributed by atoms with van der Waals surface area (Å²) in [6.07, 6.45) is 2.41. The standard InChI is InChI=1S/C12H8BrN3O5/c1-20-12(17)10-5-15-11(6-14-10)21-9-3-7(13)2-8(4-9)16(18)19/h2-6H,1H3. The van der Waals surface area contributed by atoms with Gasteiger partial charge in [0.2, 0.25) is 5.88 Å². The number of ether oxygens (including phenoxy) is 2. The molecule has 0 radical (unpaired) electrons. The van der Waals surface area contributed by atoms with Crippen LogP contribution in [0.15, 0.2) is 35.1 Å². The van der Waals surface area contributed by atoms with Crippen LogP contribution in [0.3, 0.4) is 0 Å². The summed E-state index contributed by atoms with van der Waals surface area (Å²) in [6, 6.07) is 4.14. The van der Waals surface area contributed by atoms with E-state index >= 15 is 0 Å². The molecule has 0 unspecified atom stereocenters. The van der Waals surface area contributed by atoms with Gasteiger partial charge in [-0.15, -0.1) is 0 Å². The molecule has 0 amide bonds. The van der Waals surface area contributed by atoms with Crippen molar-refractivity contribution in [3.63, 3.8) is 0 Å². The number of esters is 1. The second-order valence-corrected chi connectivity index (χ2v) is 4.65. The normalized spacial score (nSPS) is 10.0. The minimum Gasteiger partial charge on any atom is -0.464 e. The van der Waals surface area contributed by atoms with E-state index in [-0.39, 0.29) is 23.0 Å². The smallest absolute Gasteiger partial charge is 0.358 e. The zero-order chi connectivity index (χ0) is 15.4. The summed E-state index contributed by atoms with van der Waals surface area (Å²) in [6.45, 7) is 0. The largest absolute Gasteiger partial charge is 0.464 e. The average Bonchev–Trinajstić information content (AvgIpc) is 2.46. The quantitative estimate of drug-likeness (QED) is 0.472. The van der Waals surface area contributed by atoms with Crippen molar-refractivity contribution in [3.05, 3.63) is 50.9 Å². The maximum absolute atomic E-state index is 11.2. The molecule has 21 heavy (non-hydrogen) atoms. The van der Waals surface area contributed by atoms with Crippen molar-refractivity contribution in [1.82, 2.24) is 9.97 Å². The van der Waals surface area contributed by atoms with Gasteiger partial charge in [-0.3, -0.25) is 10.1 Å². The summed E-state index contributed by atoms with van der Waals surface area (Å²) < 4.78 is 10.3. The summed E-state index contributed by atoms with van der Waals surface area (Å²) >= 11 is 3.15. The second kappa shape index (κ2) is 6.27. The van der Waals surface area contributed by atoms with Crippen LogP contribution in [-0.2, 0) is 4.74 Å². The lowest BCUT2D eigenvalue weighted by Crippen LogP contribution is -2.04. The number of carbonyl (C=O) groups is 1. The van der Waals surface area contributed by atoms with E-state index in [0.717, 1.165) is 0 Å². The highest BCUT2D eigenvalue weighted by Crippen LogP contribution is 2.28. The van der Waals surface area contributed by atoms with E-state index in [2.05, 4.69) is 30.6 Å². The van der Waals surface area contributed by atoms with Gasteiger partial charge in [-0.1, -0.05) is 15.9 Å². The van der Waals surface area contributed by atoms with Crippen LogP contribution < -0.4 is 4.74 Å². The maximum atomic E-state index is 11.2. The Hall–Kier alpha value is -2.55. The predicted molar refractivity (Wildman–Crippen MR) is 74.2 cm³/mol. The Bertz CT molecular complexity index is 690. The third kappa shape index (κ3) is 3.72. The zero-order valence-corrected chi connectivity index (χ0v) is 12.2. The topological polar surface area (TPSA) is 104 Å². The van der Waals surface area contributed by atoms with Crippen molar-refractivity contribution in [3.8, 4) is 11.6 Å². The van der Waals surface area contributed by atoms with Gasteiger partial charge in [0.1, 0.15) is 5.75 Å². The van der Waals surface area contributed by atoms with Gasteiger partial charge in [-0.25, -0.2) is 14.8 Å². The number of rotatable bonds is 4. The molecule has 8 nitrogen and oxygen atoms in total. The number of benzene rings is 1. The number of hydrogen-bond donors (Lipinski definition) is 0. The number of halogens is 1. The van der Waals surface area contributed by atoms with Crippen LogP contribution >= 0.6 is 15.9 Å². The van der Waals surface area contributed by atoms with E-state index in [1.165, 1.54) is 31.6 Å². The zero-order valence-electron chi connectivity index (χ0n) is 10.6. The number of methoxy groups -OCH3 is 1. The number of carbonyl (C=O) groups excluding carboxylic acids is 1. The minimum atomic E-state index is -0.618. The van der Waals surface area contributed by atoms with Crippen LogP contribution in [0, 0.1) is 10.1 Å². The Kier molecular flexibility index (Phi) is 4.43. The van der Waals surface area contributed by atoms with E-state index in [4.69, 9.17) is 4.74 Å². The summed E-state index contributed by atoms with van der Waals surface area (Å²) in [4.78, 5) is 29.1. The number of nitro benzene ring substituents is 1. The van der Waals surface area contributed by atoms with Crippen LogP contribution in [0.25, 0.3) is 0 Å². The Labute approximate surface area is 127 Å². The third-order valence-electron chi connectivity index (χ3n) is 2.31. The van der Waals surface area contributed by atoms with Gasteiger partial charge in [0.15, 0.2) is 5.69 Å². The summed E-state index contributed by atoms with van der Waals surface area (Å²) in [5.41, 5.74) is -0.0939. The number of nitro groups is 1.